The molecule has 2 aliphatic carbocycles. The van der Waals surface area contributed by atoms with E-state index in [1.54, 1.807) is 19.3 Å². The molecule has 0 saturated heterocycles. The Morgan fingerprint density at radius 3 is 2.45 bits per heavy atom. The Labute approximate surface area is 70.4 Å². The number of hydrogen-bond donors (Lipinski definition) is 0. The summed E-state index contributed by atoms with van der Waals surface area (Å²) in [5.74, 6) is 3.40. The molecule has 0 spiro atoms. The van der Waals surface area contributed by atoms with Crippen LogP contribution < -0.4 is 0 Å². The van der Waals surface area contributed by atoms with Gasteiger partial charge in [-0.05, 0) is 24.2 Å². The monoisotopic (exact) mass is 152 g/mol. The lowest BCUT2D eigenvalue weighted by Crippen LogP contribution is -2.23. The predicted molar refractivity (Wildman–Crippen MR) is 48.5 cm³/mol. The zero-order valence-electron chi connectivity index (χ0n) is 7.68. The minimum Gasteiger partial charge on any atom is -0.0651 e. The highest BCUT2D eigenvalue weighted by Gasteiger charge is 2.35. The van der Waals surface area contributed by atoms with E-state index in [9.17, 15) is 0 Å². The fourth-order valence-electron chi connectivity index (χ4n) is 3.41. The first-order valence-electron chi connectivity index (χ1n) is 5.42. The van der Waals surface area contributed by atoms with Gasteiger partial charge in [-0.15, -0.1) is 0 Å². The van der Waals surface area contributed by atoms with E-state index in [0.717, 1.165) is 17.8 Å². The van der Waals surface area contributed by atoms with Crippen LogP contribution in [0.5, 0.6) is 0 Å². The Morgan fingerprint density at radius 2 is 1.73 bits per heavy atom. The Morgan fingerprint density at radius 1 is 1.00 bits per heavy atom. The molecule has 0 bridgehead atoms. The molecule has 2 saturated carbocycles. The van der Waals surface area contributed by atoms with Crippen LogP contribution in [0.25, 0.3) is 0 Å². The molecule has 2 rings (SSSR count). The van der Waals surface area contributed by atoms with E-state index in [0.29, 0.717) is 0 Å². The lowest BCUT2D eigenvalue weighted by Gasteiger charge is -2.33. The number of fused-ring (bicyclic) bond motifs is 1. The predicted octanol–water partition coefficient (Wildman–Crippen LogP) is 3.61. The van der Waals surface area contributed by atoms with Crippen molar-refractivity contribution in [1.82, 2.24) is 0 Å². The maximum atomic E-state index is 2.38. The first-order valence-corrected chi connectivity index (χ1v) is 5.42. The second-order valence-electron chi connectivity index (χ2n) is 4.45. The van der Waals surface area contributed by atoms with Gasteiger partial charge in [0.2, 0.25) is 0 Å². The van der Waals surface area contributed by atoms with E-state index in [4.69, 9.17) is 0 Å². The third-order valence-electron chi connectivity index (χ3n) is 4.00. The Balaban J connectivity index is 2.00. The van der Waals surface area contributed by atoms with Gasteiger partial charge in [0, 0.05) is 0 Å². The largest absolute Gasteiger partial charge is 0.0651 e. The van der Waals surface area contributed by atoms with Crippen molar-refractivity contribution in [3.63, 3.8) is 0 Å². The summed E-state index contributed by atoms with van der Waals surface area (Å²) in [5.41, 5.74) is 0. The van der Waals surface area contributed by atoms with Crippen LogP contribution in [0.2, 0.25) is 0 Å². The third kappa shape index (κ3) is 1.32. The van der Waals surface area contributed by atoms with Crippen molar-refractivity contribution in [2.45, 2.75) is 51.9 Å². The van der Waals surface area contributed by atoms with Crippen LogP contribution in [-0.4, -0.2) is 0 Å². The van der Waals surface area contributed by atoms with Crippen LogP contribution in [0, 0.1) is 17.8 Å². The van der Waals surface area contributed by atoms with E-state index in [1.807, 2.05) is 0 Å². The molecule has 0 nitrogen and oxygen atoms in total. The lowest BCUT2D eigenvalue weighted by molar-refractivity contribution is 0.177. The van der Waals surface area contributed by atoms with Gasteiger partial charge in [0.15, 0.2) is 0 Å². The fourth-order valence-corrected chi connectivity index (χ4v) is 3.41. The highest BCUT2D eigenvalue weighted by Crippen LogP contribution is 2.46. The summed E-state index contributed by atoms with van der Waals surface area (Å²) in [6.07, 6.45) is 10.7. The molecule has 0 aromatic carbocycles. The summed E-state index contributed by atoms with van der Waals surface area (Å²) in [5, 5.41) is 0. The lowest BCUT2D eigenvalue weighted by atomic mass is 9.73. The van der Waals surface area contributed by atoms with E-state index >= 15 is 0 Å². The Bertz CT molecular complexity index is 128. The molecule has 2 aliphatic rings. The van der Waals surface area contributed by atoms with E-state index in [-0.39, 0.29) is 0 Å². The van der Waals surface area contributed by atoms with E-state index in [1.165, 1.54) is 25.7 Å². The molecular formula is C11H20. The van der Waals surface area contributed by atoms with Gasteiger partial charge in [0.25, 0.3) is 0 Å². The summed E-state index contributed by atoms with van der Waals surface area (Å²) >= 11 is 0. The Kier molecular flexibility index (Phi) is 2.20. The molecule has 0 aromatic rings. The zero-order chi connectivity index (χ0) is 7.68. The summed E-state index contributed by atoms with van der Waals surface area (Å²) in [6.45, 7) is 2.38. The van der Waals surface area contributed by atoms with E-state index in [2.05, 4.69) is 6.92 Å². The van der Waals surface area contributed by atoms with Crippen LogP contribution in [0.1, 0.15) is 51.9 Å². The van der Waals surface area contributed by atoms with Gasteiger partial charge < -0.3 is 0 Å². The van der Waals surface area contributed by atoms with Crippen LogP contribution >= 0.6 is 0 Å². The average molecular weight is 152 g/mol. The van der Waals surface area contributed by atoms with Crippen molar-refractivity contribution in [3.05, 3.63) is 0 Å². The van der Waals surface area contributed by atoms with Crippen LogP contribution in [0.3, 0.4) is 0 Å². The molecule has 0 heteroatoms. The van der Waals surface area contributed by atoms with Crippen LogP contribution in [-0.2, 0) is 0 Å². The molecule has 0 heterocycles. The van der Waals surface area contributed by atoms with Crippen LogP contribution in [0.4, 0.5) is 0 Å². The second kappa shape index (κ2) is 3.16. The molecule has 3 unspecified atom stereocenters. The van der Waals surface area contributed by atoms with Gasteiger partial charge in [-0.2, -0.15) is 0 Å². The second-order valence-corrected chi connectivity index (χ2v) is 4.45. The fraction of sp³-hybridized carbons (Fsp3) is 1.00. The summed E-state index contributed by atoms with van der Waals surface area (Å²) in [6, 6.07) is 0. The van der Waals surface area contributed by atoms with Crippen molar-refractivity contribution in [3.8, 4) is 0 Å². The molecule has 0 N–H and O–H groups in total. The van der Waals surface area contributed by atoms with Crippen molar-refractivity contribution in [2.75, 3.05) is 0 Å². The van der Waals surface area contributed by atoms with E-state index < -0.39 is 0 Å². The average Bonchev–Trinajstić information content (AvgIpc) is 2.50. The first kappa shape index (κ1) is 7.64. The molecule has 64 valence electrons. The highest BCUT2D eigenvalue weighted by molar-refractivity contribution is 4.85. The van der Waals surface area contributed by atoms with Crippen molar-refractivity contribution < 1.29 is 0 Å². The van der Waals surface area contributed by atoms with Crippen molar-refractivity contribution in [1.29, 1.82) is 0 Å². The summed E-state index contributed by atoms with van der Waals surface area (Å²) < 4.78 is 0. The quantitative estimate of drug-likeness (QED) is 0.538. The smallest absolute Gasteiger partial charge is 0.0358 e. The van der Waals surface area contributed by atoms with Crippen molar-refractivity contribution in [2.24, 2.45) is 17.8 Å². The zero-order valence-corrected chi connectivity index (χ0v) is 7.68. The van der Waals surface area contributed by atoms with Gasteiger partial charge in [-0.25, -0.2) is 0 Å². The number of rotatable bonds is 1. The van der Waals surface area contributed by atoms with Gasteiger partial charge in [0.1, 0.15) is 0 Å². The van der Waals surface area contributed by atoms with Crippen molar-refractivity contribution >= 4 is 0 Å². The minimum absolute atomic E-state index is 1.11. The SMILES string of the molecule is CCC1CCCC2CCCC12. The van der Waals surface area contributed by atoms with Gasteiger partial charge in [0.05, 0.1) is 0 Å². The summed E-state index contributed by atoms with van der Waals surface area (Å²) in [4.78, 5) is 0. The molecule has 0 aromatic heterocycles. The normalized spacial score (nSPS) is 43.9. The standard InChI is InChI=1S/C11H20/c1-2-9-5-3-6-10-7-4-8-11(9)10/h9-11H,2-8H2,1H3. The minimum atomic E-state index is 1.11. The topological polar surface area (TPSA) is 0 Å². The highest BCUT2D eigenvalue weighted by atomic mass is 14.4. The maximum absolute atomic E-state index is 2.38. The Hall–Kier alpha value is 0. The first-order chi connectivity index (χ1) is 5.42. The molecule has 0 amide bonds. The maximum Gasteiger partial charge on any atom is -0.0358 e. The summed E-state index contributed by atoms with van der Waals surface area (Å²) in [7, 11) is 0. The van der Waals surface area contributed by atoms with Gasteiger partial charge in [-0.1, -0.05) is 45.4 Å². The van der Waals surface area contributed by atoms with Gasteiger partial charge >= 0.3 is 0 Å². The molecule has 0 radical (unpaired) electrons. The molecule has 3 atom stereocenters. The third-order valence-corrected chi connectivity index (χ3v) is 4.00. The molecule has 0 aliphatic heterocycles. The van der Waals surface area contributed by atoms with Crippen LogP contribution in [0.15, 0.2) is 0 Å². The molecule has 11 heavy (non-hydrogen) atoms. The molecular weight excluding hydrogens is 132 g/mol. The number of hydrogen-bond acceptors (Lipinski definition) is 0. The van der Waals surface area contributed by atoms with Gasteiger partial charge in [-0.3, -0.25) is 0 Å². The molecule has 2 fully saturated rings.